The van der Waals surface area contributed by atoms with Crippen LogP contribution in [0.2, 0.25) is 10.0 Å². The second-order valence-corrected chi connectivity index (χ2v) is 11.6. The number of esters is 2. The van der Waals surface area contributed by atoms with Crippen molar-refractivity contribution >= 4 is 68.5 Å². The van der Waals surface area contributed by atoms with Gasteiger partial charge in [0.2, 0.25) is 0 Å². The summed E-state index contributed by atoms with van der Waals surface area (Å²) < 4.78 is 9.24. The van der Waals surface area contributed by atoms with Gasteiger partial charge >= 0.3 is 11.9 Å². The number of rotatable bonds is 5. The van der Waals surface area contributed by atoms with Gasteiger partial charge in [0.05, 0.1) is 57.6 Å². The highest BCUT2D eigenvalue weighted by Crippen LogP contribution is 2.24. The Kier molecular flexibility index (Phi) is 13.1. The second-order valence-electron chi connectivity index (χ2n) is 10.5. The molecule has 0 atom stereocenters. The van der Waals surface area contributed by atoms with Crippen LogP contribution < -0.4 is 0 Å². The third-order valence-corrected chi connectivity index (χ3v) is 7.68. The number of carbonyl (C=O) groups is 2. The van der Waals surface area contributed by atoms with Gasteiger partial charge in [-0.05, 0) is 78.7 Å². The van der Waals surface area contributed by atoms with Crippen LogP contribution in [0.15, 0.2) is 85.5 Å². The van der Waals surface area contributed by atoms with Crippen LogP contribution >= 0.6 is 34.8 Å². The van der Waals surface area contributed by atoms with Crippen LogP contribution in [0.1, 0.15) is 54.4 Å². The number of hydrogen-bond donors (Lipinski definition) is 0. The zero-order valence-corrected chi connectivity index (χ0v) is 29.2. The number of benzene rings is 2. The van der Waals surface area contributed by atoms with Crippen molar-refractivity contribution in [1.82, 2.24) is 19.9 Å². The van der Waals surface area contributed by atoms with Crippen molar-refractivity contribution in [3.63, 3.8) is 0 Å². The summed E-state index contributed by atoms with van der Waals surface area (Å²) in [7, 11) is 2.69. The van der Waals surface area contributed by atoms with Crippen molar-refractivity contribution in [2.75, 3.05) is 14.2 Å². The SMILES string of the molecule is COC(=O)c1ccnc(C)c1.COC(=O)c1ccnc(Cc2cc(C#N)c3ncc(Cl)cc3c2)c1.N#Cc1cc(CCl)cc2cc(Cl)cnc12. The molecule has 0 unspecified atom stereocenters. The van der Waals surface area contributed by atoms with E-state index in [0.29, 0.717) is 61.3 Å². The molecule has 2 aromatic carbocycles. The molecule has 4 aromatic heterocycles. The van der Waals surface area contributed by atoms with Crippen molar-refractivity contribution in [3.05, 3.63) is 140 Å². The van der Waals surface area contributed by atoms with E-state index in [1.807, 2.05) is 19.1 Å². The fourth-order valence-electron chi connectivity index (χ4n) is 4.74. The van der Waals surface area contributed by atoms with E-state index in [4.69, 9.17) is 44.8 Å². The molecule has 0 aliphatic heterocycles. The largest absolute Gasteiger partial charge is 0.465 e. The van der Waals surface area contributed by atoms with Crippen LogP contribution in [0.5, 0.6) is 0 Å². The molecule has 4 heterocycles. The quantitative estimate of drug-likeness (QED) is 0.126. The lowest BCUT2D eigenvalue weighted by atomic mass is 10.0. The van der Waals surface area contributed by atoms with Crippen LogP contribution in [0, 0.1) is 29.6 Å². The first-order valence-corrected chi connectivity index (χ1v) is 15.9. The minimum Gasteiger partial charge on any atom is -0.465 e. The van der Waals surface area contributed by atoms with E-state index >= 15 is 0 Å². The molecule has 6 aromatic rings. The Hall–Kier alpha value is -5.65. The van der Waals surface area contributed by atoms with Gasteiger partial charge in [-0.25, -0.2) is 9.59 Å². The molecule has 10 nitrogen and oxygen atoms in total. The highest BCUT2D eigenvalue weighted by molar-refractivity contribution is 6.31. The Balaban J connectivity index is 0.000000184. The zero-order valence-electron chi connectivity index (χ0n) is 26.9. The molecule has 50 heavy (non-hydrogen) atoms. The first-order chi connectivity index (χ1) is 24.1. The third-order valence-electron chi connectivity index (χ3n) is 6.95. The fourth-order valence-corrected chi connectivity index (χ4v) is 5.23. The fraction of sp³-hybridized carbons (Fsp3) is 0.135. The molecule has 0 bridgehead atoms. The summed E-state index contributed by atoms with van der Waals surface area (Å²) >= 11 is 17.6. The van der Waals surface area contributed by atoms with E-state index in [0.717, 1.165) is 27.6 Å². The summed E-state index contributed by atoms with van der Waals surface area (Å²) in [6, 6.07) is 21.7. The van der Waals surface area contributed by atoms with E-state index in [-0.39, 0.29) is 5.97 Å². The number of carbonyl (C=O) groups excluding carboxylic acids is 2. The molecule has 0 fully saturated rings. The number of ether oxygens (including phenoxy) is 2. The number of alkyl halides is 1. The average Bonchev–Trinajstić information content (AvgIpc) is 3.13. The minimum absolute atomic E-state index is 0.324. The topological polar surface area (TPSA) is 152 Å². The molecule has 6 rings (SSSR count). The average molecular weight is 726 g/mol. The number of aryl methyl sites for hydroxylation is 1. The van der Waals surface area contributed by atoms with E-state index in [2.05, 4.69) is 36.8 Å². The number of nitrogens with zero attached hydrogens (tertiary/aromatic N) is 6. The molecule has 0 aliphatic rings. The summed E-state index contributed by atoms with van der Waals surface area (Å²) in [5.74, 6) is -0.363. The Morgan fingerprint density at radius 2 is 1.20 bits per heavy atom. The van der Waals surface area contributed by atoms with Crippen LogP contribution in [-0.2, 0) is 21.8 Å². The zero-order chi connectivity index (χ0) is 36.2. The molecule has 0 N–H and O–H groups in total. The smallest absolute Gasteiger partial charge is 0.337 e. The van der Waals surface area contributed by atoms with Crippen LogP contribution in [0.25, 0.3) is 21.8 Å². The van der Waals surface area contributed by atoms with Gasteiger partial charge in [-0.1, -0.05) is 23.2 Å². The van der Waals surface area contributed by atoms with Gasteiger partial charge < -0.3 is 9.47 Å². The third kappa shape index (κ3) is 9.71. The van der Waals surface area contributed by atoms with Gasteiger partial charge in [-0.15, -0.1) is 11.6 Å². The van der Waals surface area contributed by atoms with Crippen LogP contribution in [-0.4, -0.2) is 46.1 Å². The number of fused-ring (bicyclic) bond motifs is 2. The van der Waals surface area contributed by atoms with Crippen molar-refractivity contribution < 1.29 is 19.1 Å². The highest BCUT2D eigenvalue weighted by atomic mass is 35.5. The number of nitriles is 2. The number of aromatic nitrogens is 4. The van der Waals surface area contributed by atoms with Crippen molar-refractivity contribution in [3.8, 4) is 12.1 Å². The Morgan fingerprint density at radius 1 is 0.700 bits per heavy atom. The highest BCUT2D eigenvalue weighted by Gasteiger charge is 2.11. The first kappa shape index (κ1) is 37.2. The van der Waals surface area contributed by atoms with Crippen molar-refractivity contribution in [2.24, 2.45) is 0 Å². The normalized spacial score (nSPS) is 10.1. The van der Waals surface area contributed by atoms with E-state index in [1.165, 1.54) is 26.6 Å². The lowest BCUT2D eigenvalue weighted by molar-refractivity contribution is 0.0591. The summed E-state index contributed by atoms with van der Waals surface area (Å²) in [5, 5.41) is 21.0. The lowest BCUT2D eigenvalue weighted by Crippen LogP contribution is -2.03. The standard InChI is InChI=1S/C18H12ClN3O2.C11H6Cl2N2.C8H9NO2/c1-24-18(23)12-2-3-21-16(8-12)6-11-4-13-7-15(19)10-22-17(13)14(5-11)9-20;12-4-7-1-8-3-10(13)6-15-11(8)9(2-7)5-14;1-6-5-7(3-4-9-6)8(10)11-2/h2-5,7-8,10H,6H2,1H3;1-3,6H,4H2;3-5H,1-2H3. The molecule has 0 spiro atoms. The first-order valence-electron chi connectivity index (χ1n) is 14.7. The molecular weight excluding hydrogens is 699 g/mol. The molecule has 13 heteroatoms. The predicted octanol–water partition coefficient (Wildman–Crippen LogP) is 8.21. The minimum atomic E-state index is -0.411. The number of pyridine rings is 4. The van der Waals surface area contributed by atoms with Crippen LogP contribution in [0.4, 0.5) is 0 Å². The van der Waals surface area contributed by atoms with Crippen LogP contribution in [0.3, 0.4) is 0 Å². The lowest BCUT2D eigenvalue weighted by Gasteiger charge is -2.07. The van der Waals surface area contributed by atoms with Crippen molar-refractivity contribution in [1.29, 1.82) is 10.5 Å². The monoisotopic (exact) mass is 724 g/mol. The van der Waals surface area contributed by atoms with Gasteiger partial charge in [-0.3, -0.25) is 19.9 Å². The maximum absolute atomic E-state index is 11.6. The van der Waals surface area contributed by atoms with E-state index < -0.39 is 5.97 Å². The summed E-state index contributed by atoms with van der Waals surface area (Å²) in [6.07, 6.45) is 6.67. The second kappa shape index (κ2) is 17.7. The Morgan fingerprint density at radius 3 is 1.70 bits per heavy atom. The number of methoxy groups -OCH3 is 2. The van der Waals surface area contributed by atoms with Gasteiger partial charge in [0, 0.05) is 59.2 Å². The van der Waals surface area contributed by atoms with Gasteiger partial charge in [0.15, 0.2) is 0 Å². The maximum atomic E-state index is 11.6. The molecular formula is C37H27Cl3N6O4. The Labute approximate surface area is 302 Å². The molecule has 250 valence electrons. The van der Waals surface area contributed by atoms with Gasteiger partial charge in [0.1, 0.15) is 12.1 Å². The molecule has 0 amide bonds. The van der Waals surface area contributed by atoms with E-state index in [1.54, 1.807) is 60.9 Å². The van der Waals surface area contributed by atoms with E-state index in [9.17, 15) is 14.9 Å². The van der Waals surface area contributed by atoms with Gasteiger partial charge in [0.25, 0.3) is 0 Å². The molecule has 0 radical (unpaired) electrons. The van der Waals surface area contributed by atoms with Crippen molar-refractivity contribution in [2.45, 2.75) is 19.2 Å². The molecule has 0 aliphatic carbocycles. The molecule has 0 saturated heterocycles. The maximum Gasteiger partial charge on any atom is 0.337 e. The van der Waals surface area contributed by atoms with Gasteiger partial charge in [-0.2, -0.15) is 10.5 Å². The Bertz CT molecular complexity index is 2290. The molecule has 0 saturated carbocycles. The predicted molar refractivity (Wildman–Crippen MR) is 191 cm³/mol. The summed E-state index contributed by atoms with van der Waals surface area (Å²) in [5.41, 5.74) is 6.56. The summed E-state index contributed by atoms with van der Waals surface area (Å²) in [6.45, 7) is 1.83. The number of hydrogen-bond acceptors (Lipinski definition) is 10. The number of halogens is 3. The summed E-state index contributed by atoms with van der Waals surface area (Å²) in [4.78, 5) is 39.1.